The molecule has 1 atom stereocenters. The molecule has 0 unspecified atom stereocenters. The zero-order chi connectivity index (χ0) is 12.3. The molecule has 9 heteroatoms. The van der Waals surface area contributed by atoms with E-state index in [0.29, 0.717) is 0 Å². The third-order valence-electron chi connectivity index (χ3n) is 1.69. The van der Waals surface area contributed by atoms with Crippen LogP contribution in [-0.2, 0) is 9.53 Å². The van der Waals surface area contributed by atoms with Crippen LogP contribution in [-0.4, -0.2) is 31.2 Å². The Morgan fingerprint density at radius 2 is 1.75 bits per heavy atom. The molecular formula is C7H11ClF5NO2. The SMILES string of the molecule is COC(=O)[C@@H](N)CCC(F)(F)C(F)(F)F.Cl. The third kappa shape index (κ3) is 4.93. The van der Waals surface area contributed by atoms with Crippen molar-refractivity contribution in [2.45, 2.75) is 31.0 Å². The van der Waals surface area contributed by atoms with E-state index >= 15 is 0 Å². The van der Waals surface area contributed by atoms with Gasteiger partial charge in [0.2, 0.25) is 0 Å². The summed E-state index contributed by atoms with van der Waals surface area (Å²) in [6, 6.07) is -1.47. The fraction of sp³-hybridized carbons (Fsp3) is 0.857. The predicted molar refractivity (Wildman–Crippen MR) is 47.5 cm³/mol. The maximum atomic E-state index is 12.3. The van der Waals surface area contributed by atoms with Crippen LogP contribution in [0.2, 0.25) is 0 Å². The Kier molecular flexibility index (Phi) is 6.87. The molecule has 0 aromatic rings. The van der Waals surface area contributed by atoms with Gasteiger partial charge in [-0.3, -0.25) is 4.79 Å². The van der Waals surface area contributed by atoms with Crippen molar-refractivity contribution in [3.8, 4) is 0 Å². The lowest BCUT2D eigenvalue weighted by Gasteiger charge is -2.20. The van der Waals surface area contributed by atoms with Gasteiger partial charge in [-0.2, -0.15) is 22.0 Å². The molecular weight excluding hydrogens is 261 g/mol. The number of methoxy groups -OCH3 is 1. The molecule has 0 aliphatic carbocycles. The minimum atomic E-state index is -5.62. The molecule has 0 rings (SSSR count). The monoisotopic (exact) mass is 271 g/mol. The second-order valence-electron chi connectivity index (χ2n) is 2.87. The first-order chi connectivity index (χ1) is 6.62. The van der Waals surface area contributed by atoms with Gasteiger partial charge in [0, 0.05) is 6.42 Å². The molecule has 0 bridgehead atoms. The zero-order valence-corrected chi connectivity index (χ0v) is 9.00. The van der Waals surface area contributed by atoms with Crippen molar-refractivity contribution in [1.29, 1.82) is 0 Å². The summed E-state index contributed by atoms with van der Waals surface area (Å²) < 4.78 is 63.7. The lowest BCUT2D eigenvalue weighted by Crippen LogP contribution is -2.39. The summed E-state index contributed by atoms with van der Waals surface area (Å²) in [6.45, 7) is 0. The first-order valence-electron chi connectivity index (χ1n) is 3.90. The molecule has 0 aromatic carbocycles. The Morgan fingerprint density at radius 3 is 2.06 bits per heavy atom. The van der Waals surface area contributed by atoms with Gasteiger partial charge < -0.3 is 10.5 Å². The Balaban J connectivity index is 0. The molecule has 0 radical (unpaired) electrons. The second kappa shape index (κ2) is 6.19. The number of rotatable bonds is 4. The number of alkyl halides is 5. The molecule has 0 aliphatic heterocycles. The smallest absolute Gasteiger partial charge is 0.453 e. The van der Waals surface area contributed by atoms with Crippen molar-refractivity contribution >= 4 is 18.4 Å². The van der Waals surface area contributed by atoms with Gasteiger partial charge in [-0.05, 0) is 6.42 Å². The maximum Gasteiger partial charge on any atom is 0.453 e. The van der Waals surface area contributed by atoms with Gasteiger partial charge in [0.15, 0.2) is 0 Å². The van der Waals surface area contributed by atoms with Crippen molar-refractivity contribution in [2.75, 3.05) is 7.11 Å². The fourth-order valence-electron chi connectivity index (χ4n) is 0.748. The first-order valence-corrected chi connectivity index (χ1v) is 3.90. The van der Waals surface area contributed by atoms with Crippen molar-refractivity contribution in [2.24, 2.45) is 5.73 Å². The summed E-state index contributed by atoms with van der Waals surface area (Å²) in [5.74, 6) is -5.86. The Hall–Kier alpha value is -0.630. The largest absolute Gasteiger partial charge is 0.468 e. The lowest BCUT2D eigenvalue weighted by atomic mass is 10.1. The van der Waals surface area contributed by atoms with Crippen LogP contribution in [0.25, 0.3) is 0 Å². The molecule has 0 amide bonds. The van der Waals surface area contributed by atoms with Gasteiger partial charge in [0.1, 0.15) is 6.04 Å². The average Bonchev–Trinajstić information content (AvgIpc) is 2.11. The summed E-state index contributed by atoms with van der Waals surface area (Å²) in [7, 11) is 0.962. The third-order valence-corrected chi connectivity index (χ3v) is 1.69. The van der Waals surface area contributed by atoms with E-state index in [-0.39, 0.29) is 12.4 Å². The van der Waals surface area contributed by atoms with Crippen molar-refractivity contribution in [3.05, 3.63) is 0 Å². The minimum absolute atomic E-state index is 0. The zero-order valence-electron chi connectivity index (χ0n) is 8.18. The van der Waals surface area contributed by atoms with E-state index in [1.54, 1.807) is 0 Å². The standard InChI is InChI=1S/C7H10F5NO2.ClH/c1-15-5(14)4(13)2-3-6(8,9)7(10,11)12;/h4H,2-3,13H2,1H3;1H/t4-;/m0./s1. The number of carbonyl (C=O) groups is 1. The van der Waals surface area contributed by atoms with Gasteiger partial charge >= 0.3 is 18.1 Å². The van der Waals surface area contributed by atoms with Crippen molar-refractivity contribution < 1.29 is 31.5 Å². The molecule has 0 fully saturated rings. The van der Waals surface area contributed by atoms with Gasteiger partial charge in [0.05, 0.1) is 7.11 Å². The van der Waals surface area contributed by atoms with E-state index in [1.165, 1.54) is 0 Å². The van der Waals surface area contributed by atoms with Crippen LogP contribution in [0, 0.1) is 0 Å². The van der Waals surface area contributed by atoms with E-state index in [1.807, 2.05) is 0 Å². The topological polar surface area (TPSA) is 52.3 Å². The number of halogens is 6. The predicted octanol–water partition coefficient (Wildman–Crippen LogP) is 1.89. The highest BCUT2D eigenvalue weighted by Crippen LogP contribution is 2.38. The van der Waals surface area contributed by atoms with Gasteiger partial charge in [-0.15, -0.1) is 12.4 Å². The van der Waals surface area contributed by atoms with Crippen LogP contribution in [0.3, 0.4) is 0 Å². The highest BCUT2D eigenvalue weighted by atomic mass is 35.5. The van der Waals surface area contributed by atoms with Gasteiger partial charge in [-0.1, -0.05) is 0 Å². The summed E-state index contributed by atoms with van der Waals surface area (Å²) in [6.07, 6.45) is -7.95. The molecule has 0 saturated heterocycles. The van der Waals surface area contributed by atoms with E-state index in [4.69, 9.17) is 5.73 Å². The van der Waals surface area contributed by atoms with Crippen LogP contribution < -0.4 is 5.73 Å². The first kappa shape index (κ1) is 17.8. The highest BCUT2D eigenvalue weighted by molar-refractivity contribution is 5.85. The molecule has 2 N–H and O–H groups in total. The normalized spacial score (nSPS) is 13.9. The van der Waals surface area contributed by atoms with Crippen LogP contribution in [0.4, 0.5) is 22.0 Å². The number of hydrogen-bond acceptors (Lipinski definition) is 3. The Bertz CT molecular complexity index is 233. The number of carbonyl (C=O) groups excluding carboxylic acids is 1. The fourth-order valence-corrected chi connectivity index (χ4v) is 0.748. The molecule has 98 valence electrons. The average molecular weight is 272 g/mol. The summed E-state index contributed by atoms with van der Waals surface area (Å²) in [5, 5.41) is 0. The molecule has 3 nitrogen and oxygen atoms in total. The highest BCUT2D eigenvalue weighted by Gasteiger charge is 2.56. The Labute approximate surface area is 94.5 Å². The van der Waals surface area contributed by atoms with Crippen LogP contribution in [0.5, 0.6) is 0 Å². The van der Waals surface area contributed by atoms with E-state index in [9.17, 15) is 26.7 Å². The lowest BCUT2D eigenvalue weighted by molar-refractivity contribution is -0.284. The molecule has 16 heavy (non-hydrogen) atoms. The molecule has 0 aliphatic rings. The number of ether oxygens (including phenoxy) is 1. The van der Waals surface area contributed by atoms with Crippen LogP contribution in [0.1, 0.15) is 12.8 Å². The van der Waals surface area contributed by atoms with E-state index in [2.05, 4.69) is 4.74 Å². The number of esters is 1. The summed E-state index contributed by atoms with van der Waals surface area (Å²) in [4.78, 5) is 10.6. The quantitative estimate of drug-likeness (QED) is 0.627. The van der Waals surface area contributed by atoms with Gasteiger partial charge in [-0.25, -0.2) is 0 Å². The summed E-state index contributed by atoms with van der Waals surface area (Å²) >= 11 is 0. The van der Waals surface area contributed by atoms with Crippen molar-refractivity contribution in [3.63, 3.8) is 0 Å². The van der Waals surface area contributed by atoms with Crippen molar-refractivity contribution in [1.82, 2.24) is 0 Å². The second-order valence-corrected chi connectivity index (χ2v) is 2.87. The van der Waals surface area contributed by atoms with E-state index < -0.39 is 37.0 Å². The molecule has 0 heterocycles. The molecule has 0 aromatic heterocycles. The maximum absolute atomic E-state index is 12.3. The minimum Gasteiger partial charge on any atom is -0.468 e. The summed E-state index contributed by atoms with van der Waals surface area (Å²) in [5.41, 5.74) is 5.00. The van der Waals surface area contributed by atoms with Crippen LogP contribution in [0.15, 0.2) is 0 Å². The molecule has 0 saturated carbocycles. The van der Waals surface area contributed by atoms with E-state index in [0.717, 1.165) is 7.11 Å². The van der Waals surface area contributed by atoms with Gasteiger partial charge in [0.25, 0.3) is 0 Å². The Morgan fingerprint density at radius 1 is 1.31 bits per heavy atom. The van der Waals surface area contributed by atoms with Crippen LogP contribution >= 0.6 is 12.4 Å². The number of nitrogens with two attached hydrogens (primary N) is 1. The number of hydrogen-bond donors (Lipinski definition) is 1. The molecule has 0 spiro atoms.